The predicted octanol–water partition coefficient (Wildman–Crippen LogP) is 4.41. The number of aromatic nitrogens is 2. The van der Waals surface area contributed by atoms with Crippen LogP contribution < -0.4 is 0 Å². The van der Waals surface area contributed by atoms with E-state index in [1.54, 1.807) is 12.4 Å². The van der Waals surface area contributed by atoms with Crippen molar-refractivity contribution in [1.82, 2.24) is 14.5 Å². The van der Waals surface area contributed by atoms with E-state index in [-0.39, 0.29) is 0 Å². The Hall–Kier alpha value is -2.43. The van der Waals surface area contributed by atoms with Crippen molar-refractivity contribution in [2.75, 3.05) is 13.1 Å². The Morgan fingerprint density at radius 2 is 2.11 bits per heavy atom. The van der Waals surface area contributed by atoms with Crippen molar-refractivity contribution < 1.29 is 5.11 Å². The minimum Gasteiger partial charge on any atom is -0.387 e. The third-order valence-electron chi connectivity index (χ3n) is 6.48. The van der Waals surface area contributed by atoms with Crippen LogP contribution in [0.1, 0.15) is 52.9 Å². The Morgan fingerprint density at radius 3 is 2.89 bits per heavy atom. The minimum atomic E-state index is -0.553. The van der Waals surface area contributed by atoms with Crippen molar-refractivity contribution in [2.24, 2.45) is 0 Å². The number of nitrogens with zero attached hydrogens (tertiary/aromatic N) is 3. The van der Waals surface area contributed by atoms with E-state index in [1.165, 1.54) is 47.1 Å². The molecule has 0 spiro atoms. The number of pyridine rings is 1. The van der Waals surface area contributed by atoms with Crippen molar-refractivity contribution in [3.05, 3.63) is 71.2 Å². The molecule has 0 aliphatic carbocycles. The molecule has 0 saturated carbocycles. The highest BCUT2D eigenvalue weighted by Crippen LogP contribution is 2.44. The van der Waals surface area contributed by atoms with Crippen molar-refractivity contribution in [3.8, 4) is 0 Å². The molecular formula is C24H27N3O. The quantitative estimate of drug-likeness (QED) is 0.736. The fourth-order valence-electron chi connectivity index (χ4n) is 5.28. The summed E-state index contributed by atoms with van der Waals surface area (Å²) in [5.41, 5.74) is 7.47. The van der Waals surface area contributed by atoms with Gasteiger partial charge in [0.15, 0.2) is 0 Å². The number of hydrogen-bond donors (Lipinski definition) is 1. The smallest absolute Gasteiger partial charge is 0.0970 e. The van der Waals surface area contributed by atoms with Crippen molar-refractivity contribution in [3.63, 3.8) is 0 Å². The molecule has 0 amide bonds. The van der Waals surface area contributed by atoms with E-state index in [0.717, 1.165) is 24.1 Å². The molecule has 1 fully saturated rings. The van der Waals surface area contributed by atoms with Gasteiger partial charge >= 0.3 is 0 Å². The number of benzene rings is 1. The molecule has 0 bridgehead atoms. The minimum absolute atomic E-state index is 0.519. The van der Waals surface area contributed by atoms with Crippen LogP contribution in [0, 0.1) is 6.92 Å². The maximum atomic E-state index is 11.0. The van der Waals surface area contributed by atoms with E-state index in [0.29, 0.717) is 12.6 Å². The summed E-state index contributed by atoms with van der Waals surface area (Å²) in [6, 6.07) is 8.87. The lowest BCUT2D eigenvalue weighted by atomic mass is 9.94. The fraction of sp³-hybridized carbons (Fsp3) is 0.375. The lowest BCUT2D eigenvalue weighted by Crippen LogP contribution is -2.31. The molecule has 3 aromatic rings. The highest BCUT2D eigenvalue weighted by Gasteiger charge is 2.36. The molecule has 2 unspecified atom stereocenters. The molecule has 2 atom stereocenters. The zero-order chi connectivity index (χ0) is 19.3. The summed E-state index contributed by atoms with van der Waals surface area (Å²) in [5.74, 6) is 0. The van der Waals surface area contributed by atoms with Gasteiger partial charge in [0.2, 0.25) is 0 Å². The SMILES string of the molecule is C=Cc1cc(C)cc2c3c(n(CC(O)c4ccncc4)c12)CCN1CCCC31. The van der Waals surface area contributed by atoms with Crippen LogP contribution in [0.4, 0.5) is 0 Å². The zero-order valence-corrected chi connectivity index (χ0v) is 16.4. The third kappa shape index (κ3) is 2.71. The van der Waals surface area contributed by atoms with Gasteiger partial charge < -0.3 is 9.67 Å². The van der Waals surface area contributed by atoms with Crippen molar-refractivity contribution in [2.45, 2.75) is 44.9 Å². The molecule has 0 radical (unpaired) electrons. The first-order chi connectivity index (χ1) is 13.7. The molecule has 1 N–H and O–H groups in total. The molecule has 2 aliphatic rings. The average Bonchev–Trinajstić information content (AvgIpc) is 3.31. The summed E-state index contributed by atoms with van der Waals surface area (Å²) >= 11 is 0. The summed E-state index contributed by atoms with van der Waals surface area (Å²) in [7, 11) is 0. The maximum absolute atomic E-state index is 11.0. The number of aryl methyl sites for hydroxylation is 1. The second kappa shape index (κ2) is 6.87. The van der Waals surface area contributed by atoms with E-state index in [4.69, 9.17) is 0 Å². The molecule has 5 rings (SSSR count). The second-order valence-corrected chi connectivity index (χ2v) is 8.17. The summed E-state index contributed by atoms with van der Waals surface area (Å²) in [4.78, 5) is 6.72. The molecule has 1 aromatic carbocycles. The van der Waals surface area contributed by atoms with E-state index in [9.17, 15) is 5.11 Å². The average molecular weight is 374 g/mol. The topological polar surface area (TPSA) is 41.3 Å². The van der Waals surface area contributed by atoms with Gasteiger partial charge in [0.25, 0.3) is 0 Å². The molecule has 2 aromatic heterocycles. The lowest BCUT2D eigenvalue weighted by molar-refractivity contribution is 0.155. The standard InChI is InChI=1S/C24H27N3O/c1-3-17-13-16(2)14-19-23-20-5-4-11-26(20)12-8-21(23)27(24(17)19)15-22(28)18-6-9-25-10-7-18/h3,6-7,9-10,13-14,20,22,28H,1,4-5,8,11-12,15H2,2H3. The van der Waals surface area contributed by atoms with E-state index < -0.39 is 6.10 Å². The number of fused-ring (bicyclic) bond motifs is 5. The van der Waals surface area contributed by atoms with Crippen LogP contribution in [0.25, 0.3) is 17.0 Å². The highest BCUT2D eigenvalue weighted by atomic mass is 16.3. The van der Waals surface area contributed by atoms with Gasteiger partial charge in [-0.2, -0.15) is 0 Å². The first kappa shape index (κ1) is 17.7. The molecular weight excluding hydrogens is 346 g/mol. The van der Waals surface area contributed by atoms with Gasteiger partial charge in [-0.1, -0.05) is 12.7 Å². The summed E-state index contributed by atoms with van der Waals surface area (Å²) in [6.07, 6.45) is 8.45. The first-order valence-electron chi connectivity index (χ1n) is 10.3. The Kier molecular flexibility index (Phi) is 4.33. The number of aliphatic hydroxyl groups excluding tert-OH is 1. The molecule has 28 heavy (non-hydrogen) atoms. The van der Waals surface area contributed by atoms with Gasteiger partial charge in [0, 0.05) is 42.5 Å². The van der Waals surface area contributed by atoms with Crippen LogP contribution in [0.15, 0.2) is 43.2 Å². The Labute approximate surface area is 166 Å². The molecule has 1 saturated heterocycles. The van der Waals surface area contributed by atoms with Crippen molar-refractivity contribution in [1.29, 1.82) is 0 Å². The molecule has 2 aliphatic heterocycles. The van der Waals surface area contributed by atoms with Crippen LogP contribution in [-0.4, -0.2) is 32.6 Å². The monoisotopic (exact) mass is 373 g/mol. The molecule has 4 nitrogen and oxygen atoms in total. The number of aliphatic hydroxyl groups is 1. The van der Waals surface area contributed by atoms with E-state index >= 15 is 0 Å². The summed E-state index contributed by atoms with van der Waals surface area (Å²) < 4.78 is 2.38. The van der Waals surface area contributed by atoms with E-state index in [2.05, 4.69) is 40.1 Å². The number of rotatable bonds is 4. The molecule has 4 heterocycles. The number of hydrogen-bond acceptors (Lipinski definition) is 3. The Balaban J connectivity index is 1.71. The van der Waals surface area contributed by atoms with E-state index in [1.807, 2.05) is 18.2 Å². The van der Waals surface area contributed by atoms with Crippen LogP contribution in [0.2, 0.25) is 0 Å². The molecule has 144 valence electrons. The van der Waals surface area contributed by atoms with Gasteiger partial charge in [-0.05, 0) is 72.8 Å². The zero-order valence-electron chi connectivity index (χ0n) is 16.4. The Bertz CT molecular complexity index is 1040. The second-order valence-electron chi connectivity index (χ2n) is 8.17. The maximum Gasteiger partial charge on any atom is 0.0970 e. The summed E-state index contributed by atoms with van der Waals surface area (Å²) in [6.45, 7) is 9.12. The van der Waals surface area contributed by atoms with Gasteiger partial charge in [0.1, 0.15) is 0 Å². The largest absolute Gasteiger partial charge is 0.387 e. The van der Waals surface area contributed by atoms with Gasteiger partial charge in [0.05, 0.1) is 18.2 Å². The molecule has 4 heteroatoms. The van der Waals surface area contributed by atoms with Crippen molar-refractivity contribution >= 4 is 17.0 Å². The van der Waals surface area contributed by atoms with Crippen LogP contribution in [0.5, 0.6) is 0 Å². The highest BCUT2D eigenvalue weighted by molar-refractivity contribution is 5.93. The van der Waals surface area contributed by atoms with Crippen LogP contribution in [-0.2, 0) is 13.0 Å². The van der Waals surface area contributed by atoms with Crippen LogP contribution >= 0.6 is 0 Å². The summed E-state index contributed by atoms with van der Waals surface area (Å²) in [5, 5.41) is 12.3. The van der Waals surface area contributed by atoms with Gasteiger partial charge in [-0.3, -0.25) is 9.88 Å². The normalized spacial score (nSPS) is 20.1. The Morgan fingerprint density at radius 1 is 1.29 bits per heavy atom. The lowest BCUT2D eigenvalue weighted by Gasteiger charge is -2.31. The predicted molar refractivity (Wildman–Crippen MR) is 113 cm³/mol. The van der Waals surface area contributed by atoms with Gasteiger partial charge in [-0.15, -0.1) is 0 Å². The van der Waals surface area contributed by atoms with Gasteiger partial charge in [-0.25, -0.2) is 0 Å². The van der Waals surface area contributed by atoms with Crippen LogP contribution in [0.3, 0.4) is 0 Å². The first-order valence-corrected chi connectivity index (χ1v) is 10.3. The fourth-order valence-corrected chi connectivity index (χ4v) is 5.28. The third-order valence-corrected chi connectivity index (χ3v) is 6.48.